The summed E-state index contributed by atoms with van der Waals surface area (Å²) in [7, 11) is -3.22. The summed E-state index contributed by atoms with van der Waals surface area (Å²) < 4.78 is 25.0. The molecule has 1 atom stereocenters. The Hall–Kier alpha value is -1.03. The van der Waals surface area contributed by atoms with Crippen molar-refractivity contribution in [1.29, 1.82) is 0 Å². The van der Waals surface area contributed by atoms with E-state index in [-0.39, 0.29) is 10.7 Å². The first kappa shape index (κ1) is 12.4. The predicted octanol–water partition coefficient (Wildman–Crippen LogP) is 2.61. The van der Waals surface area contributed by atoms with Crippen LogP contribution in [0.3, 0.4) is 0 Å². The maximum absolute atomic E-state index is 12.5. The van der Waals surface area contributed by atoms with Crippen LogP contribution in [0.25, 0.3) is 0 Å². The topological polar surface area (TPSA) is 46.2 Å². The molecule has 0 radical (unpaired) electrons. The van der Waals surface area contributed by atoms with Crippen LogP contribution in [0.15, 0.2) is 23.1 Å². The first-order valence-electron chi connectivity index (χ1n) is 5.81. The van der Waals surface area contributed by atoms with E-state index in [4.69, 9.17) is 0 Å². The molecule has 0 saturated carbocycles. The van der Waals surface area contributed by atoms with E-state index >= 15 is 0 Å². The van der Waals surface area contributed by atoms with Crippen molar-refractivity contribution in [3.8, 4) is 0 Å². The SMILES string of the molecule is Cc1ccc2c(c1)NCC(C(C)(C)C)S2(=O)=O. The van der Waals surface area contributed by atoms with E-state index in [0.29, 0.717) is 11.4 Å². The molecule has 1 aromatic rings. The van der Waals surface area contributed by atoms with Gasteiger partial charge in [-0.25, -0.2) is 8.42 Å². The van der Waals surface area contributed by atoms with Crippen LogP contribution < -0.4 is 5.32 Å². The summed E-state index contributed by atoms with van der Waals surface area (Å²) in [6, 6.07) is 5.46. The predicted molar refractivity (Wildman–Crippen MR) is 70.1 cm³/mol. The highest BCUT2D eigenvalue weighted by Gasteiger charge is 2.41. The number of hydrogen-bond acceptors (Lipinski definition) is 3. The van der Waals surface area contributed by atoms with Crippen LogP contribution in [0.2, 0.25) is 0 Å². The Morgan fingerprint density at radius 3 is 2.53 bits per heavy atom. The summed E-state index contributed by atoms with van der Waals surface area (Å²) in [5.41, 5.74) is 1.56. The molecular formula is C13H19NO2S. The van der Waals surface area contributed by atoms with Gasteiger partial charge in [0.2, 0.25) is 0 Å². The van der Waals surface area contributed by atoms with Crippen molar-refractivity contribution >= 4 is 15.5 Å². The molecule has 17 heavy (non-hydrogen) atoms. The molecule has 1 aliphatic heterocycles. The Labute approximate surface area is 103 Å². The number of fused-ring (bicyclic) bond motifs is 1. The van der Waals surface area contributed by atoms with Crippen molar-refractivity contribution in [2.24, 2.45) is 5.41 Å². The summed E-state index contributed by atoms with van der Waals surface area (Å²) in [5, 5.41) is 2.87. The van der Waals surface area contributed by atoms with E-state index in [0.717, 1.165) is 11.3 Å². The highest BCUT2D eigenvalue weighted by molar-refractivity contribution is 7.92. The van der Waals surface area contributed by atoms with E-state index in [1.54, 1.807) is 6.07 Å². The number of anilines is 1. The third kappa shape index (κ3) is 2.06. The molecule has 0 amide bonds. The van der Waals surface area contributed by atoms with Crippen molar-refractivity contribution < 1.29 is 8.42 Å². The van der Waals surface area contributed by atoms with Gasteiger partial charge < -0.3 is 5.32 Å². The molecule has 1 heterocycles. The molecule has 0 fully saturated rings. The lowest BCUT2D eigenvalue weighted by Gasteiger charge is -2.35. The largest absolute Gasteiger partial charge is 0.383 e. The zero-order valence-electron chi connectivity index (χ0n) is 10.7. The van der Waals surface area contributed by atoms with Gasteiger partial charge in [0.25, 0.3) is 0 Å². The van der Waals surface area contributed by atoms with Crippen LogP contribution in [0.5, 0.6) is 0 Å². The van der Waals surface area contributed by atoms with Gasteiger partial charge in [-0.1, -0.05) is 26.8 Å². The summed E-state index contributed by atoms with van der Waals surface area (Å²) in [5.74, 6) is 0. The van der Waals surface area contributed by atoms with Crippen LogP contribution in [0.4, 0.5) is 5.69 Å². The van der Waals surface area contributed by atoms with Crippen LogP contribution in [0, 0.1) is 12.3 Å². The number of hydrogen-bond donors (Lipinski definition) is 1. The number of sulfone groups is 1. The molecule has 1 unspecified atom stereocenters. The summed E-state index contributed by atoms with van der Waals surface area (Å²) in [4.78, 5) is 0.439. The normalized spacial score (nSPS) is 22.7. The molecule has 0 bridgehead atoms. The molecule has 2 rings (SSSR count). The van der Waals surface area contributed by atoms with E-state index in [1.807, 2.05) is 39.8 Å². The number of aryl methyl sites for hydroxylation is 1. The van der Waals surface area contributed by atoms with Gasteiger partial charge in [-0.2, -0.15) is 0 Å². The monoisotopic (exact) mass is 253 g/mol. The molecule has 0 saturated heterocycles. The minimum atomic E-state index is -3.22. The van der Waals surface area contributed by atoms with Crippen molar-refractivity contribution in [1.82, 2.24) is 0 Å². The molecule has 0 aromatic heterocycles. The first-order valence-corrected chi connectivity index (χ1v) is 7.36. The summed E-state index contributed by atoms with van der Waals surface area (Å²) in [6.45, 7) is 8.36. The van der Waals surface area contributed by atoms with Gasteiger partial charge in [0.05, 0.1) is 15.8 Å². The minimum Gasteiger partial charge on any atom is -0.383 e. The fraction of sp³-hybridized carbons (Fsp3) is 0.538. The van der Waals surface area contributed by atoms with Gasteiger partial charge in [0.15, 0.2) is 9.84 Å². The van der Waals surface area contributed by atoms with E-state index in [9.17, 15) is 8.42 Å². The lowest BCUT2D eigenvalue weighted by atomic mass is 9.91. The maximum atomic E-state index is 12.5. The van der Waals surface area contributed by atoms with Crippen LogP contribution in [-0.4, -0.2) is 20.2 Å². The Morgan fingerprint density at radius 1 is 1.29 bits per heavy atom. The van der Waals surface area contributed by atoms with Crippen molar-refractivity contribution in [2.75, 3.05) is 11.9 Å². The van der Waals surface area contributed by atoms with Crippen LogP contribution >= 0.6 is 0 Å². The Bertz CT molecular complexity index is 541. The number of benzene rings is 1. The van der Waals surface area contributed by atoms with E-state index in [2.05, 4.69) is 5.32 Å². The standard InChI is InChI=1S/C13H19NO2S/c1-9-5-6-11-10(7-9)14-8-12(13(2,3)4)17(11,15)16/h5-7,12,14H,8H2,1-4H3. The van der Waals surface area contributed by atoms with Crippen molar-refractivity contribution in [3.05, 3.63) is 23.8 Å². The Balaban J connectivity index is 2.57. The fourth-order valence-corrected chi connectivity index (χ4v) is 4.50. The molecule has 1 aromatic carbocycles. The van der Waals surface area contributed by atoms with Gasteiger partial charge in [-0.3, -0.25) is 0 Å². The van der Waals surface area contributed by atoms with Crippen LogP contribution in [0.1, 0.15) is 26.3 Å². The summed E-state index contributed by atoms with van der Waals surface area (Å²) in [6.07, 6.45) is 0. The molecule has 1 aliphatic rings. The molecule has 0 spiro atoms. The minimum absolute atomic E-state index is 0.256. The zero-order valence-corrected chi connectivity index (χ0v) is 11.6. The Morgan fingerprint density at radius 2 is 1.94 bits per heavy atom. The molecule has 1 N–H and O–H groups in total. The summed E-state index contributed by atoms with van der Waals surface area (Å²) >= 11 is 0. The van der Waals surface area contributed by atoms with Gasteiger partial charge in [0, 0.05) is 6.54 Å². The second kappa shape index (κ2) is 3.73. The molecular weight excluding hydrogens is 234 g/mol. The lowest BCUT2D eigenvalue weighted by molar-refractivity contribution is 0.382. The highest BCUT2D eigenvalue weighted by atomic mass is 32.2. The van der Waals surface area contributed by atoms with Gasteiger partial charge >= 0.3 is 0 Å². The van der Waals surface area contributed by atoms with Gasteiger partial charge in [0.1, 0.15) is 0 Å². The third-order valence-electron chi connectivity index (χ3n) is 3.26. The van der Waals surface area contributed by atoms with Crippen LogP contribution in [-0.2, 0) is 9.84 Å². The average molecular weight is 253 g/mol. The van der Waals surface area contributed by atoms with Gasteiger partial charge in [-0.05, 0) is 30.0 Å². The highest BCUT2D eigenvalue weighted by Crippen LogP contribution is 2.37. The van der Waals surface area contributed by atoms with E-state index in [1.165, 1.54) is 0 Å². The first-order chi connectivity index (χ1) is 7.73. The lowest BCUT2D eigenvalue weighted by Crippen LogP contribution is -2.43. The number of rotatable bonds is 0. The van der Waals surface area contributed by atoms with E-state index < -0.39 is 9.84 Å². The molecule has 0 aliphatic carbocycles. The third-order valence-corrected chi connectivity index (χ3v) is 5.85. The fourth-order valence-electron chi connectivity index (χ4n) is 2.27. The quantitative estimate of drug-likeness (QED) is 0.773. The van der Waals surface area contributed by atoms with Gasteiger partial charge in [-0.15, -0.1) is 0 Å². The average Bonchev–Trinajstić information content (AvgIpc) is 2.14. The van der Waals surface area contributed by atoms with Crippen molar-refractivity contribution in [2.45, 2.75) is 37.8 Å². The second-order valence-corrected chi connectivity index (χ2v) is 7.88. The molecule has 3 nitrogen and oxygen atoms in total. The zero-order chi connectivity index (χ0) is 12.8. The smallest absolute Gasteiger partial charge is 0.185 e. The molecule has 4 heteroatoms. The number of nitrogens with one attached hydrogen (secondary N) is 1. The Kier molecular flexibility index (Phi) is 2.73. The van der Waals surface area contributed by atoms with Crippen molar-refractivity contribution in [3.63, 3.8) is 0 Å². The molecule has 94 valence electrons. The second-order valence-electron chi connectivity index (χ2n) is 5.78. The maximum Gasteiger partial charge on any atom is 0.185 e.